The van der Waals surface area contributed by atoms with Gasteiger partial charge in [0.25, 0.3) is 0 Å². The summed E-state index contributed by atoms with van der Waals surface area (Å²) in [7, 11) is -2.93. The summed E-state index contributed by atoms with van der Waals surface area (Å²) in [5, 5.41) is 0. The Labute approximate surface area is 84.6 Å². The van der Waals surface area contributed by atoms with Gasteiger partial charge in [-0.3, -0.25) is 0 Å². The number of sulfone groups is 1. The van der Waals surface area contributed by atoms with Crippen LogP contribution in [0.2, 0.25) is 0 Å². The van der Waals surface area contributed by atoms with Crippen molar-refractivity contribution in [1.82, 2.24) is 0 Å². The van der Waals surface area contributed by atoms with Gasteiger partial charge in [-0.1, -0.05) is 18.2 Å². The highest BCUT2D eigenvalue weighted by molar-refractivity contribution is 7.90. The van der Waals surface area contributed by atoms with E-state index in [4.69, 9.17) is 4.74 Å². The summed E-state index contributed by atoms with van der Waals surface area (Å²) in [5.74, 6) is 0.803. The molecule has 78 valence electrons. The highest BCUT2D eigenvalue weighted by Gasteiger charge is 2.03. The minimum Gasteiger partial charge on any atom is -0.492 e. The Balaban J connectivity index is 2.51. The second-order valence-electron chi connectivity index (χ2n) is 3.24. The Kier molecular flexibility index (Phi) is 3.52. The van der Waals surface area contributed by atoms with Crippen LogP contribution in [0.3, 0.4) is 0 Å². The zero-order chi connectivity index (χ0) is 10.6. The Hall–Kier alpha value is -1.03. The zero-order valence-corrected chi connectivity index (χ0v) is 9.17. The Morgan fingerprint density at radius 1 is 1.29 bits per heavy atom. The molecular weight excluding hydrogens is 200 g/mol. The topological polar surface area (TPSA) is 43.4 Å². The molecule has 1 rings (SSSR count). The van der Waals surface area contributed by atoms with Crippen molar-refractivity contribution in [1.29, 1.82) is 0 Å². The van der Waals surface area contributed by atoms with Crippen LogP contribution < -0.4 is 4.74 Å². The lowest BCUT2D eigenvalue weighted by atomic mass is 10.2. The first kappa shape index (κ1) is 11.0. The summed E-state index contributed by atoms with van der Waals surface area (Å²) in [6, 6.07) is 7.54. The van der Waals surface area contributed by atoms with Crippen LogP contribution in [0.15, 0.2) is 24.3 Å². The lowest BCUT2D eigenvalue weighted by Crippen LogP contribution is -2.12. The molecule has 0 saturated heterocycles. The SMILES string of the molecule is Cc1ccccc1OCCS(C)(=O)=O. The number of ether oxygens (including phenoxy) is 1. The minimum atomic E-state index is -2.93. The second kappa shape index (κ2) is 4.46. The van der Waals surface area contributed by atoms with E-state index in [0.717, 1.165) is 11.3 Å². The third-order valence-corrected chi connectivity index (χ3v) is 2.71. The highest BCUT2D eigenvalue weighted by atomic mass is 32.2. The van der Waals surface area contributed by atoms with Crippen molar-refractivity contribution < 1.29 is 13.2 Å². The lowest BCUT2D eigenvalue weighted by molar-refractivity contribution is 0.339. The van der Waals surface area contributed by atoms with Gasteiger partial charge in [0, 0.05) is 6.26 Å². The van der Waals surface area contributed by atoms with Crippen molar-refractivity contribution in [2.75, 3.05) is 18.6 Å². The fraction of sp³-hybridized carbons (Fsp3) is 0.400. The molecule has 0 N–H and O–H groups in total. The summed E-state index contributed by atoms with van der Waals surface area (Å²) in [6.45, 7) is 2.14. The Morgan fingerprint density at radius 2 is 1.93 bits per heavy atom. The molecule has 0 aliphatic heterocycles. The summed E-state index contributed by atoms with van der Waals surface area (Å²) < 4.78 is 27.0. The first-order valence-electron chi connectivity index (χ1n) is 4.35. The van der Waals surface area contributed by atoms with Crippen molar-refractivity contribution in [3.63, 3.8) is 0 Å². The molecule has 0 heterocycles. The average molecular weight is 214 g/mol. The van der Waals surface area contributed by atoms with Gasteiger partial charge in [-0.05, 0) is 18.6 Å². The van der Waals surface area contributed by atoms with Gasteiger partial charge in [0.15, 0.2) is 9.84 Å². The van der Waals surface area contributed by atoms with E-state index in [0.29, 0.717) is 0 Å². The van der Waals surface area contributed by atoms with Gasteiger partial charge in [-0.2, -0.15) is 0 Å². The zero-order valence-electron chi connectivity index (χ0n) is 8.36. The maximum Gasteiger partial charge on any atom is 0.150 e. The number of hydrogen-bond acceptors (Lipinski definition) is 3. The number of benzene rings is 1. The van der Waals surface area contributed by atoms with E-state index in [2.05, 4.69) is 0 Å². The molecule has 0 radical (unpaired) electrons. The standard InChI is InChI=1S/C10H14O3S/c1-9-5-3-4-6-10(9)13-7-8-14(2,11)12/h3-6H,7-8H2,1-2H3. The van der Waals surface area contributed by atoms with Crippen LogP contribution in [-0.2, 0) is 9.84 Å². The van der Waals surface area contributed by atoms with E-state index >= 15 is 0 Å². The van der Waals surface area contributed by atoms with Crippen molar-refractivity contribution >= 4 is 9.84 Å². The van der Waals surface area contributed by atoms with E-state index in [9.17, 15) is 8.42 Å². The summed E-state index contributed by atoms with van der Waals surface area (Å²) >= 11 is 0. The second-order valence-corrected chi connectivity index (χ2v) is 5.50. The van der Waals surface area contributed by atoms with E-state index in [1.54, 1.807) is 0 Å². The van der Waals surface area contributed by atoms with E-state index < -0.39 is 9.84 Å². The monoisotopic (exact) mass is 214 g/mol. The van der Waals surface area contributed by atoms with Crippen molar-refractivity contribution in [2.24, 2.45) is 0 Å². The molecule has 0 aliphatic carbocycles. The van der Waals surface area contributed by atoms with Crippen LogP contribution in [-0.4, -0.2) is 27.0 Å². The molecule has 0 amide bonds. The molecule has 1 aromatic carbocycles. The van der Waals surface area contributed by atoms with Crippen molar-refractivity contribution in [2.45, 2.75) is 6.92 Å². The predicted molar refractivity (Wildman–Crippen MR) is 56.4 cm³/mol. The van der Waals surface area contributed by atoms with Gasteiger partial charge in [0.1, 0.15) is 12.4 Å². The molecule has 0 bridgehead atoms. The van der Waals surface area contributed by atoms with E-state index in [1.807, 2.05) is 31.2 Å². The molecule has 0 saturated carbocycles. The van der Waals surface area contributed by atoms with Gasteiger partial charge in [0.2, 0.25) is 0 Å². The van der Waals surface area contributed by atoms with Gasteiger partial charge < -0.3 is 4.74 Å². The van der Waals surface area contributed by atoms with E-state index in [-0.39, 0.29) is 12.4 Å². The molecule has 0 atom stereocenters. The third-order valence-electron chi connectivity index (χ3n) is 1.81. The minimum absolute atomic E-state index is 0.0569. The lowest BCUT2D eigenvalue weighted by Gasteiger charge is -2.07. The van der Waals surface area contributed by atoms with Crippen LogP contribution in [0.1, 0.15) is 5.56 Å². The first-order chi connectivity index (χ1) is 6.49. The van der Waals surface area contributed by atoms with Crippen LogP contribution in [0.25, 0.3) is 0 Å². The van der Waals surface area contributed by atoms with Crippen molar-refractivity contribution in [3.8, 4) is 5.75 Å². The van der Waals surface area contributed by atoms with Gasteiger partial charge in [0.05, 0.1) is 5.75 Å². The average Bonchev–Trinajstić information content (AvgIpc) is 2.06. The molecule has 0 aromatic heterocycles. The largest absolute Gasteiger partial charge is 0.492 e. The maximum absolute atomic E-state index is 10.8. The molecule has 0 aliphatic rings. The van der Waals surface area contributed by atoms with Crippen LogP contribution >= 0.6 is 0 Å². The first-order valence-corrected chi connectivity index (χ1v) is 6.41. The number of hydrogen-bond donors (Lipinski definition) is 0. The van der Waals surface area contributed by atoms with Gasteiger partial charge >= 0.3 is 0 Å². The van der Waals surface area contributed by atoms with Crippen LogP contribution in [0.4, 0.5) is 0 Å². The fourth-order valence-electron chi connectivity index (χ4n) is 1.02. The molecule has 0 spiro atoms. The third kappa shape index (κ3) is 3.79. The summed E-state index contributed by atoms with van der Waals surface area (Å²) in [6.07, 6.45) is 1.20. The van der Waals surface area contributed by atoms with Crippen LogP contribution in [0.5, 0.6) is 5.75 Å². The number of aryl methyl sites for hydroxylation is 1. The number of rotatable bonds is 4. The smallest absolute Gasteiger partial charge is 0.150 e. The molecule has 0 unspecified atom stereocenters. The quantitative estimate of drug-likeness (QED) is 0.761. The molecular formula is C10H14O3S. The van der Waals surface area contributed by atoms with Crippen LogP contribution in [0, 0.1) is 6.92 Å². The number of para-hydroxylation sites is 1. The Morgan fingerprint density at radius 3 is 2.50 bits per heavy atom. The Bertz CT molecular complexity index is 396. The molecule has 3 nitrogen and oxygen atoms in total. The summed E-state index contributed by atoms with van der Waals surface area (Å²) in [5.41, 5.74) is 1.01. The summed E-state index contributed by atoms with van der Waals surface area (Å²) in [4.78, 5) is 0. The van der Waals surface area contributed by atoms with Gasteiger partial charge in [-0.25, -0.2) is 8.42 Å². The van der Waals surface area contributed by atoms with Gasteiger partial charge in [-0.15, -0.1) is 0 Å². The fourth-order valence-corrected chi connectivity index (χ4v) is 1.41. The molecule has 14 heavy (non-hydrogen) atoms. The highest BCUT2D eigenvalue weighted by Crippen LogP contribution is 2.15. The molecule has 0 fully saturated rings. The predicted octanol–water partition coefficient (Wildman–Crippen LogP) is 1.42. The van der Waals surface area contributed by atoms with Crippen molar-refractivity contribution in [3.05, 3.63) is 29.8 Å². The molecule has 4 heteroatoms. The molecule has 1 aromatic rings. The van der Waals surface area contributed by atoms with E-state index in [1.165, 1.54) is 6.26 Å². The normalized spacial score (nSPS) is 11.3. The maximum atomic E-state index is 10.8.